The number of nitrogens with zero attached hydrogens (tertiary/aromatic N) is 1. The number of piperidine rings is 1. The zero-order valence-corrected chi connectivity index (χ0v) is 12.2. The molecule has 0 radical (unpaired) electrons. The Bertz CT molecular complexity index is 312. The van der Waals surface area contributed by atoms with Crippen molar-refractivity contribution in [3.05, 3.63) is 0 Å². The molecule has 0 aromatic heterocycles. The van der Waals surface area contributed by atoms with E-state index >= 15 is 0 Å². The van der Waals surface area contributed by atoms with Crippen LogP contribution >= 0.6 is 0 Å². The van der Waals surface area contributed by atoms with Gasteiger partial charge in [-0.3, -0.25) is 9.69 Å². The number of amides is 1. The van der Waals surface area contributed by atoms with E-state index in [1.54, 1.807) is 0 Å². The van der Waals surface area contributed by atoms with Crippen LogP contribution in [0, 0.1) is 5.92 Å². The molecule has 2 unspecified atom stereocenters. The molecule has 0 aromatic rings. The molecule has 1 fully saturated rings. The Morgan fingerprint density at radius 3 is 2.21 bits per heavy atom. The molecular weight excluding hydrogens is 244 g/mol. The molecule has 0 bridgehead atoms. The lowest BCUT2D eigenvalue weighted by atomic mass is 10.0. The second-order valence-electron chi connectivity index (χ2n) is 5.80. The molecule has 2 atom stereocenters. The summed E-state index contributed by atoms with van der Waals surface area (Å²) >= 11 is 0. The molecule has 1 rings (SSSR count). The molecule has 0 aliphatic carbocycles. The average molecular weight is 270 g/mol. The average Bonchev–Trinajstić information content (AvgIpc) is 2.37. The highest BCUT2D eigenvalue weighted by molar-refractivity contribution is 5.86. The van der Waals surface area contributed by atoms with Gasteiger partial charge in [-0.15, -0.1) is 0 Å². The summed E-state index contributed by atoms with van der Waals surface area (Å²) in [5, 5.41) is 11.8. The lowest BCUT2D eigenvalue weighted by Crippen LogP contribution is -2.51. The Kier molecular flexibility index (Phi) is 6.28. The first-order chi connectivity index (χ1) is 8.91. The SMILES string of the molecule is CC(C)CC(NC(=O)C(C)N1CCCCC1)C(=O)O. The van der Waals surface area contributed by atoms with Crippen molar-refractivity contribution in [3.63, 3.8) is 0 Å². The van der Waals surface area contributed by atoms with Crippen molar-refractivity contribution >= 4 is 11.9 Å². The summed E-state index contributed by atoms with van der Waals surface area (Å²) in [7, 11) is 0. The topological polar surface area (TPSA) is 69.6 Å². The predicted molar refractivity (Wildman–Crippen MR) is 73.9 cm³/mol. The van der Waals surface area contributed by atoms with Crippen LogP contribution in [0.2, 0.25) is 0 Å². The third-order valence-electron chi connectivity index (χ3n) is 3.64. The number of carboxylic acid groups (broad SMARTS) is 1. The number of hydrogen-bond acceptors (Lipinski definition) is 3. The minimum absolute atomic E-state index is 0.171. The van der Waals surface area contributed by atoms with Gasteiger partial charge in [0.05, 0.1) is 6.04 Å². The fourth-order valence-corrected chi connectivity index (χ4v) is 2.46. The van der Waals surface area contributed by atoms with Gasteiger partial charge in [-0.05, 0) is 45.2 Å². The van der Waals surface area contributed by atoms with Gasteiger partial charge >= 0.3 is 5.97 Å². The summed E-state index contributed by atoms with van der Waals surface area (Å²) in [4.78, 5) is 25.4. The van der Waals surface area contributed by atoms with Crippen molar-refractivity contribution in [3.8, 4) is 0 Å². The molecular formula is C14H26N2O3. The summed E-state index contributed by atoms with van der Waals surface area (Å²) < 4.78 is 0. The molecule has 1 aliphatic heterocycles. The summed E-state index contributed by atoms with van der Waals surface area (Å²) in [6.45, 7) is 7.62. The number of carboxylic acids is 1. The van der Waals surface area contributed by atoms with Crippen LogP contribution in [-0.4, -0.2) is 47.1 Å². The Balaban J connectivity index is 2.52. The third-order valence-corrected chi connectivity index (χ3v) is 3.64. The molecule has 1 heterocycles. The smallest absolute Gasteiger partial charge is 0.326 e. The number of aliphatic carboxylic acids is 1. The Morgan fingerprint density at radius 1 is 1.16 bits per heavy atom. The molecule has 0 spiro atoms. The molecule has 1 amide bonds. The Morgan fingerprint density at radius 2 is 1.74 bits per heavy atom. The van der Waals surface area contributed by atoms with Gasteiger partial charge in [0.25, 0.3) is 0 Å². The summed E-state index contributed by atoms with van der Waals surface area (Å²) in [5.74, 6) is -0.880. The minimum atomic E-state index is -0.951. The standard InChI is InChI=1S/C14H26N2O3/c1-10(2)9-12(14(18)19)15-13(17)11(3)16-7-5-4-6-8-16/h10-12H,4-9H2,1-3H3,(H,15,17)(H,18,19). The van der Waals surface area contributed by atoms with Crippen LogP contribution in [0.1, 0.15) is 46.5 Å². The zero-order valence-electron chi connectivity index (χ0n) is 12.2. The molecule has 19 heavy (non-hydrogen) atoms. The summed E-state index contributed by atoms with van der Waals surface area (Å²) in [6.07, 6.45) is 3.92. The van der Waals surface area contributed by atoms with Crippen LogP contribution in [-0.2, 0) is 9.59 Å². The van der Waals surface area contributed by atoms with E-state index in [9.17, 15) is 9.59 Å². The van der Waals surface area contributed by atoms with Crippen molar-refractivity contribution in [1.29, 1.82) is 0 Å². The van der Waals surface area contributed by atoms with Gasteiger partial charge in [-0.25, -0.2) is 4.79 Å². The lowest BCUT2D eigenvalue weighted by molar-refractivity contribution is -0.143. The molecule has 5 nitrogen and oxygen atoms in total. The quantitative estimate of drug-likeness (QED) is 0.767. The van der Waals surface area contributed by atoms with Gasteiger partial charge in [0.1, 0.15) is 6.04 Å². The van der Waals surface area contributed by atoms with Gasteiger partial charge in [0.2, 0.25) is 5.91 Å². The number of carbonyl (C=O) groups excluding carboxylic acids is 1. The van der Waals surface area contributed by atoms with Crippen molar-refractivity contribution in [1.82, 2.24) is 10.2 Å². The fraction of sp³-hybridized carbons (Fsp3) is 0.857. The molecule has 110 valence electrons. The summed E-state index contributed by atoms with van der Waals surface area (Å²) in [6, 6.07) is -1.02. The molecule has 0 aromatic carbocycles. The highest BCUT2D eigenvalue weighted by atomic mass is 16.4. The number of carbonyl (C=O) groups is 2. The van der Waals surface area contributed by atoms with E-state index in [1.807, 2.05) is 20.8 Å². The van der Waals surface area contributed by atoms with Crippen molar-refractivity contribution in [2.75, 3.05) is 13.1 Å². The second-order valence-corrected chi connectivity index (χ2v) is 5.80. The Hall–Kier alpha value is -1.10. The van der Waals surface area contributed by atoms with E-state index in [-0.39, 0.29) is 17.9 Å². The van der Waals surface area contributed by atoms with Gasteiger partial charge in [0, 0.05) is 0 Å². The largest absolute Gasteiger partial charge is 0.480 e. The second kappa shape index (κ2) is 7.48. The predicted octanol–water partition coefficient (Wildman–Crippen LogP) is 1.48. The highest BCUT2D eigenvalue weighted by Crippen LogP contribution is 2.13. The van der Waals surface area contributed by atoms with Crippen molar-refractivity contribution < 1.29 is 14.7 Å². The number of hydrogen-bond donors (Lipinski definition) is 2. The van der Waals surface area contributed by atoms with Gasteiger partial charge in [0.15, 0.2) is 0 Å². The van der Waals surface area contributed by atoms with Crippen LogP contribution in [0.4, 0.5) is 0 Å². The lowest BCUT2D eigenvalue weighted by Gasteiger charge is -2.32. The van der Waals surface area contributed by atoms with Crippen molar-refractivity contribution in [2.45, 2.75) is 58.5 Å². The maximum atomic E-state index is 12.1. The van der Waals surface area contributed by atoms with Crippen LogP contribution in [0.3, 0.4) is 0 Å². The number of likely N-dealkylation sites (tertiary alicyclic amines) is 1. The van der Waals surface area contributed by atoms with Gasteiger partial charge < -0.3 is 10.4 Å². The molecule has 1 saturated heterocycles. The first kappa shape index (κ1) is 16.0. The number of rotatable bonds is 6. The van der Waals surface area contributed by atoms with E-state index in [0.717, 1.165) is 25.9 Å². The normalized spacial score (nSPS) is 20.0. The van der Waals surface area contributed by atoms with Crippen LogP contribution in [0.5, 0.6) is 0 Å². The maximum Gasteiger partial charge on any atom is 0.326 e. The van der Waals surface area contributed by atoms with Crippen molar-refractivity contribution in [2.24, 2.45) is 5.92 Å². The molecule has 0 saturated carbocycles. The fourth-order valence-electron chi connectivity index (χ4n) is 2.46. The van der Waals surface area contributed by atoms with Crippen LogP contribution < -0.4 is 5.32 Å². The third kappa shape index (κ3) is 5.19. The van der Waals surface area contributed by atoms with E-state index in [0.29, 0.717) is 6.42 Å². The highest BCUT2D eigenvalue weighted by Gasteiger charge is 2.27. The molecule has 2 N–H and O–H groups in total. The van der Waals surface area contributed by atoms with E-state index < -0.39 is 12.0 Å². The molecule has 1 aliphatic rings. The van der Waals surface area contributed by atoms with E-state index in [2.05, 4.69) is 10.2 Å². The first-order valence-corrected chi connectivity index (χ1v) is 7.19. The Labute approximate surface area is 115 Å². The van der Waals surface area contributed by atoms with Gasteiger partial charge in [-0.2, -0.15) is 0 Å². The monoisotopic (exact) mass is 270 g/mol. The van der Waals surface area contributed by atoms with Crippen LogP contribution in [0.15, 0.2) is 0 Å². The minimum Gasteiger partial charge on any atom is -0.480 e. The zero-order chi connectivity index (χ0) is 14.4. The maximum absolute atomic E-state index is 12.1. The number of nitrogens with one attached hydrogen (secondary N) is 1. The van der Waals surface area contributed by atoms with Gasteiger partial charge in [-0.1, -0.05) is 20.3 Å². The van der Waals surface area contributed by atoms with E-state index in [4.69, 9.17) is 5.11 Å². The molecule has 5 heteroatoms. The first-order valence-electron chi connectivity index (χ1n) is 7.19. The van der Waals surface area contributed by atoms with E-state index in [1.165, 1.54) is 6.42 Å². The van der Waals surface area contributed by atoms with Crippen LogP contribution in [0.25, 0.3) is 0 Å². The summed E-state index contributed by atoms with van der Waals surface area (Å²) in [5.41, 5.74) is 0.